The van der Waals surface area contributed by atoms with Gasteiger partial charge in [-0.2, -0.15) is 0 Å². The van der Waals surface area contributed by atoms with Gasteiger partial charge in [-0.15, -0.1) is 0 Å². The minimum absolute atomic E-state index is 0.0456. The van der Waals surface area contributed by atoms with Gasteiger partial charge in [-0.25, -0.2) is 0 Å². The lowest BCUT2D eigenvalue weighted by Crippen LogP contribution is -2.28. The number of nitrogens with one attached hydrogen (secondary N) is 1. The molecule has 8 aromatic rings. The van der Waals surface area contributed by atoms with Crippen molar-refractivity contribution in [3.8, 4) is 39.5 Å². The lowest BCUT2D eigenvalue weighted by molar-refractivity contribution is 0.398. The van der Waals surface area contributed by atoms with E-state index in [4.69, 9.17) is 0 Å². The molecule has 0 radical (unpaired) electrons. The fourth-order valence-electron chi connectivity index (χ4n) is 7.93. The van der Waals surface area contributed by atoms with Crippen LogP contribution in [0.3, 0.4) is 0 Å². The Morgan fingerprint density at radius 3 is 1.71 bits per heavy atom. The van der Waals surface area contributed by atoms with E-state index >= 15 is 0 Å². The third kappa shape index (κ3) is 4.17. The van der Waals surface area contributed by atoms with Gasteiger partial charge in [0.15, 0.2) is 11.5 Å². The van der Waals surface area contributed by atoms with Crippen molar-refractivity contribution in [2.45, 2.75) is 5.41 Å². The topological polar surface area (TPSA) is 72.7 Å². The van der Waals surface area contributed by atoms with Crippen LogP contribution in [-0.4, -0.2) is 15.3 Å². The van der Waals surface area contributed by atoms with E-state index in [2.05, 4.69) is 59.9 Å². The van der Waals surface area contributed by atoms with Crippen molar-refractivity contribution in [2.24, 2.45) is 0 Å². The number of phenolic OH excluding ortho intramolecular Hbond substituents is 3. The van der Waals surface area contributed by atoms with Crippen LogP contribution in [0.2, 0.25) is 0 Å². The van der Waals surface area contributed by atoms with E-state index in [-0.39, 0.29) is 17.2 Å². The summed E-state index contributed by atoms with van der Waals surface area (Å²) in [6.45, 7) is 0. The Hall–Kier alpha value is -6.52. The fourth-order valence-corrected chi connectivity index (χ4v) is 7.93. The summed E-state index contributed by atoms with van der Waals surface area (Å²) in [5.74, 6) is -0.817. The summed E-state index contributed by atoms with van der Waals surface area (Å²) in [5, 5.41) is 43.6. The minimum Gasteiger partial charge on any atom is -0.505 e. The molecule has 0 saturated heterocycles. The van der Waals surface area contributed by atoms with E-state index in [1.807, 2.05) is 109 Å². The molecular formula is C45H31NO3. The quantitative estimate of drug-likeness (QED) is 0.0864. The summed E-state index contributed by atoms with van der Waals surface area (Å²) < 4.78 is 0. The number of fused-ring (bicyclic) bond motifs is 6. The van der Waals surface area contributed by atoms with Gasteiger partial charge in [0.2, 0.25) is 0 Å². The number of aromatic hydroxyl groups is 3. The first kappa shape index (κ1) is 28.7. The molecule has 49 heavy (non-hydrogen) atoms. The van der Waals surface area contributed by atoms with Crippen LogP contribution in [-0.2, 0) is 5.41 Å². The highest BCUT2D eigenvalue weighted by Crippen LogP contribution is 2.65. The average molecular weight is 634 g/mol. The van der Waals surface area contributed by atoms with Gasteiger partial charge >= 0.3 is 0 Å². The number of hydrogen-bond acceptors (Lipinski definition) is 4. The first-order valence-corrected chi connectivity index (χ1v) is 16.4. The van der Waals surface area contributed by atoms with Gasteiger partial charge in [-0.1, -0.05) is 146 Å². The van der Waals surface area contributed by atoms with Crippen LogP contribution in [0, 0.1) is 0 Å². The maximum atomic E-state index is 12.3. The van der Waals surface area contributed by atoms with E-state index in [0.717, 1.165) is 33.4 Å². The molecule has 4 N–H and O–H groups in total. The van der Waals surface area contributed by atoms with E-state index in [0.29, 0.717) is 16.8 Å². The molecule has 4 nitrogen and oxygen atoms in total. The van der Waals surface area contributed by atoms with Crippen molar-refractivity contribution in [2.75, 3.05) is 5.32 Å². The molecule has 1 aliphatic carbocycles. The molecule has 0 aromatic heterocycles. The normalized spacial score (nSPS) is 12.9. The van der Waals surface area contributed by atoms with Crippen molar-refractivity contribution in [1.29, 1.82) is 0 Å². The van der Waals surface area contributed by atoms with E-state index in [9.17, 15) is 15.3 Å². The summed E-state index contributed by atoms with van der Waals surface area (Å²) in [5.41, 5.74) is 6.38. The number of rotatable bonds is 5. The smallest absolute Gasteiger partial charge is 0.186 e. The molecule has 8 aromatic carbocycles. The Morgan fingerprint density at radius 2 is 1.02 bits per heavy atom. The van der Waals surface area contributed by atoms with Gasteiger partial charge in [0.05, 0.1) is 5.41 Å². The third-order valence-electron chi connectivity index (χ3n) is 10.0. The van der Waals surface area contributed by atoms with Gasteiger partial charge in [0.1, 0.15) is 11.4 Å². The average Bonchev–Trinajstić information content (AvgIpc) is 3.48. The fraction of sp³-hybridized carbons (Fsp3) is 0.0222. The van der Waals surface area contributed by atoms with Gasteiger partial charge < -0.3 is 20.6 Å². The first-order chi connectivity index (χ1) is 24.1. The second-order valence-electron chi connectivity index (χ2n) is 12.6. The molecule has 9 rings (SSSR count). The molecule has 0 bridgehead atoms. The summed E-state index contributed by atoms with van der Waals surface area (Å²) >= 11 is 0. The first-order valence-electron chi connectivity index (χ1n) is 16.4. The number of hydrogen-bond donors (Lipinski definition) is 4. The molecule has 0 heterocycles. The van der Waals surface area contributed by atoms with Crippen LogP contribution in [0.1, 0.15) is 22.3 Å². The zero-order valence-electron chi connectivity index (χ0n) is 26.4. The van der Waals surface area contributed by atoms with Gasteiger partial charge in [-0.05, 0) is 73.1 Å². The lowest BCUT2D eigenvalue weighted by atomic mass is 9.67. The van der Waals surface area contributed by atoms with Gasteiger partial charge in [-0.3, -0.25) is 0 Å². The largest absolute Gasteiger partial charge is 0.505 e. The molecule has 0 aliphatic heterocycles. The molecule has 0 fully saturated rings. The lowest BCUT2D eigenvalue weighted by Gasteiger charge is -2.34. The van der Waals surface area contributed by atoms with E-state index in [1.54, 1.807) is 0 Å². The molecule has 1 aliphatic rings. The van der Waals surface area contributed by atoms with E-state index < -0.39 is 11.2 Å². The van der Waals surface area contributed by atoms with Crippen molar-refractivity contribution in [3.63, 3.8) is 0 Å². The highest BCUT2D eigenvalue weighted by molar-refractivity contribution is 6.13. The number of benzene rings is 8. The van der Waals surface area contributed by atoms with Crippen molar-refractivity contribution >= 4 is 32.9 Å². The maximum absolute atomic E-state index is 12.3. The molecule has 0 saturated carbocycles. The number of anilines is 2. The second kappa shape index (κ2) is 11.0. The number of phenols is 3. The molecule has 0 amide bonds. The van der Waals surface area contributed by atoms with Crippen LogP contribution in [0.15, 0.2) is 164 Å². The van der Waals surface area contributed by atoms with Crippen LogP contribution in [0.4, 0.5) is 11.4 Å². The predicted molar refractivity (Wildman–Crippen MR) is 199 cm³/mol. The van der Waals surface area contributed by atoms with Gasteiger partial charge in [0, 0.05) is 16.8 Å². The van der Waals surface area contributed by atoms with Crippen LogP contribution in [0.25, 0.3) is 43.8 Å². The monoisotopic (exact) mass is 633 g/mol. The molecule has 0 atom stereocenters. The predicted octanol–water partition coefficient (Wildman–Crippen LogP) is 10.9. The Labute approximate surface area is 283 Å². The van der Waals surface area contributed by atoms with Crippen molar-refractivity contribution < 1.29 is 15.3 Å². The molecule has 4 heteroatoms. The highest BCUT2D eigenvalue weighted by atomic mass is 16.3. The molecule has 0 unspecified atom stereocenters. The molecule has 0 spiro atoms. The Balaban J connectivity index is 1.21. The van der Waals surface area contributed by atoms with E-state index in [1.165, 1.54) is 21.5 Å². The summed E-state index contributed by atoms with van der Waals surface area (Å²) in [7, 11) is 0. The van der Waals surface area contributed by atoms with Crippen LogP contribution < -0.4 is 5.32 Å². The minimum atomic E-state index is -0.957. The second-order valence-corrected chi connectivity index (χ2v) is 12.6. The van der Waals surface area contributed by atoms with Gasteiger partial charge in [0.25, 0.3) is 0 Å². The van der Waals surface area contributed by atoms with Crippen LogP contribution in [0.5, 0.6) is 17.2 Å². The standard InChI is InChI=1S/C45H31NO3/c47-42-39-36-21-11-12-22-38(36)45(30-14-3-1-4-15-30,31-16-5-2-6-17-31)40(39)43(48)41(44(42)49)46-32-25-23-28(24-26-32)37-27-29-13-7-8-18-33(29)34-19-9-10-20-35(34)37/h1-27,46-49H. The summed E-state index contributed by atoms with van der Waals surface area (Å²) in [4.78, 5) is 0. The summed E-state index contributed by atoms with van der Waals surface area (Å²) in [6.07, 6.45) is 0. The highest BCUT2D eigenvalue weighted by Gasteiger charge is 2.50. The molecule has 234 valence electrons. The maximum Gasteiger partial charge on any atom is 0.186 e. The van der Waals surface area contributed by atoms with Crippen molar-refractivity contribution in [1.82, 2.24) is 0 Å². The van der Waals surface area contributed by atoms with Crippen LogP contribution >= 0.6 is 0 Å². The Morgan fingerprint density at radius 1 is 0.449 bits per heavy atom. The van der Waals surface area contributed by atoms with Crippen molar-refractivity contribution in [3.05, 3.63) is 186 Å². The zero-order valence-corrected chi connectivity index (χ0v) is 26.4. The SMILES string of the molecule is Oc1c(O)c2c(c(O)c1Nc1ccc(-c3cc4ccccc4c4ccccc34)cc1)C(c1ccccc1)(c1ccccc1)c1ccccc1-2. The molecular weight excluding hydrogens is 602 g/mol. The third-order valence-corrected chi connectivity index (χ3v) is 10.0. The zero-order chi connectivity index (χ0) is 33.1. The Kier molecular flexibility index (Phi) is 6.46. The Bertz CT molecular complexity index is 2500. The summed E-state index contributed by atoms with van der Waals surface area (Å²) in [6, 6.07) is 54.9.